The Labute approximate surface area is 161 Å². The molecule has 1 aromatic heterocycles. The van der Waals surface area contributed by atoms with E-state index in [0.717, 1.165) is 22.3 Å². The molecule has 0 atom stereocenters. The molecule has 1 N–H and O–H groups in total. The van der Waals surface area contributed by atoms with Crippen molar-refractivity contribution in [2.24, 2.45) is 0 Å². The first-order valence-corrected chi connectivity index (χ1v) is 8.97. The van der Waals surface area contributed by atoms with Gasteiger partial charge in [-0.1, -0.05) is 35.9 Å². The first-order valence-electron chi connectivity index (χ1n) is 8.59. The largest absolute Gasteiger partial charge is 0.386 e. The third-order valence-corrected chi connectivity index (χ3v) is 4.98. The van der Waals surface area contributed by atoms with E-state index in [9.17, 15) is 9.50 Å². The van der Waals surface area contributed by atoms with E-state index < -0.39 is 5.60 Å². The van der Waals surface area contributed by atoms with Crippen LogP contribution >= 0.6 is 11.6 Å². The van der Waals surface area contributed by atoms with Crippen molar-refractivity contribution >= 4 is 22.6 Å². The van der Waals surface area contributed by atoms with Crippen LogP contribution in [0.3, 0.4) is 0 Å². The van der Waals surface area contributed by atoms with E-state index in [-0.39, 0.29) is 5.82 Å². The summed E-state index contributed by atoms with van der Waals surface area (Å²) in [7, 11) is 0. The second-order valence-corrected chi connectivity index (χ2v) is 7.43. The van der Waals surface area contributed by atoms with E-state index in [1.54, 1.807) is 44.4 Å². The molecule has 0 saturated carbocycles. The number of halogens is 2. The van der Waals surface area contributed by atoms with Crippen molar-refractivity contribution < 1.29 is 9.50 Å². The summed E-state index contributed by atoms with van der Waals surface area (Å²) >= 11 is 6.25. The molecular weight excluding hydrogens is 363 g/mol. The molecule has 3 aromatic carbocycles. The van der Waals surface area contributed by atoms with Gasteiger partial charge in [-0.2, -0.15) is 0 Å². The summed E-state index contributed by atoms with van der Waals surface area (Å²) in [4.78, 5) is 4.44. The lowest BCUT2D eigenvalue weighted by Gasteiger charge is -2.17. The van der Waals surface area contributed by atoms with Gasteiger partial charge in [0.25, 0.3) is 0 Å². The minimum absolute atomic E-state index is 0.333. The summed E-state index contributed by atoms with van der Waals surface area (Å²) in [5, 5.41) is 10.7. The van der Waals surface area contributed by atoms with Gasteiger partial charge in [-0.3, -0.25) is 4.57 Å². The zero-order valence-electron chi connectivity index (χ0n) is 14.9. The molecule has 0 aliphatic carbocycles. The lowest BCUT2D eigenvalue weighted by atomic mass is 9.98. The quantitative estimate of drug-likeness (QED) is 0.494. The Morgan fingerprint density at radius 3 is 2.52 bits per heavy atom. The molecule has 0 spiro atoms. The molecule has 0 saturated heterocycles. The van der Waals surface area contributed by atoms with Crippen LogP contribution in [0.15, 0.2) is 67.0 Å². The van der Waals surface area contributed by atoms with Gasteiger partial charge < -0.3 is 5.11 Å². The Morgan fingerprint density at radius 2 is 1.78 bits per heavy atom. The van der Waals surface area contributed by atoms with E-state index in [1.165, 1.54) is 6.07 Å². The summed E-state index contributed by atoms with van der Waals surface area (Å²) in [5.74, 6) is -0.333. The lowest BCUT2D eigenvalue weighted by molar-refractivity contribution is 0.0787. The molecule has 27 heavy (non-hydrogen) atoms. The molecule has 4 aromatic rings. The Kier molecular flexibility index (Phi) is 4.25. The van der Waals surface area contributed by atoms with Crippen LogP contribution in [0.4, 0.5) is 4.39 Å². The van der Waals surface area contributed by atoms with Crippen molar-refractivity contribution in [3.63, 3.8) is 0 Å². The topological polar surface area (TPSA) is 38.1 Å². The highest BCUT2D eigenvalue weighted by Gasteiger charge is 2.18. The third-order valence-electron chi connectivity index (χ3n) is 4.65. The smallest absolute Gasteiger partial charge is 0.131 e. The van der Waals surface area contributed by atoms with Gasteiger partial charge in [0.15, 0.2) is 0 Å². The Morgan fingerprint density at radius 1 is 1.00 bits per heavy atom. The number of hydrogen-bond donors (Lipinski definition) is 1. The molecule has 0 amide bonds. The number of hydrogen-bond acceptors (Lipinski definition) is 2. The van der Waals surface area contributed by atoms with Crippen molar-refractivity contribution in [3.05, 3.63) is 83.4 Å². The monoisotopic (exact) mass is 380 g/mol. The number of benzene rings is 3. The van der Waals surface area contributed by atoms with E-state index in [2.05, 4.69) is 4.98 Å². The van der Waals surface area contributed by atoms with Gasteiger partial charge in [0.1, 0.15) is 12.1 Å². The maximum absolute atomic E-state index is 14.5. The normalized spacial score (nSPS) is 11.9. The number of aromatic nitrogens is 2. The van der Waals surface area contributed by atoms with Crippen molar-refractivity contribution in [2.75, 3.05) is 0 Å². The summed E-state index contributed by atoms with van der Waals surface area (Å²) in [5.41, 5.74) is 3.35. The van der Waals surface area contributed by atoms with Gasteiger partial charge in [0.05, 0.1) is 16.6 Å². The predicted octanol–water partition coefficient (Wildman–Crippen LogP) is 5.71. The SMILES string of the molecule is CC(C)(O)c1ccc2c(c1)ncn2-c1ccc(F)c(-c2ccccc2Cl)c1. The number of imidazole rings is 1. The molecule has 0 radical (unpaired) electrons. The van der Waals surface area contributed by atoms with Crippen molar-refractivity contribution in [2.45, 2.75) is 19.4 Å². The first kappa shape index (κ1) is 17.7. The van der Waals surface area contributed by atoms with Crippen LogP contribution in [0.5, 0.6) is 0 Å². The summed E-state index contributed by atoms with van der Waals surface area (Å²) in [6.45, 7) is 3.47. The Balaban J connectivity index is 1.85. The second kappa shape index (κ2) is 6.48. The molecule has 0 unspecified atom stereocenters. The highest BCUT2D eigenvalue weighted by molar-refractivity contribution is 6.33. The number of fused-ring (bicyclic) bond motifs is 1. The molecule has 136 valence electrons. The summed E-state index contributed by atoms with van der Waals surface area (Å²) in [6.07, 6.45) is 1.70. The first-order chi connectivity index (χ1) is 12.8. The van der Waals surface area contributed by atoms with E-state index in [1.807, 2.05) is 34.9 Å². The molecule has 3 nitrogen and oxygen atoms in total. The van der Waals surface area contributed by atoms with Crippen LogP contribution < -0.4 is 0 Å². The Bertz CT molecular complexity index is 1140. The maximum atomic E-state index is 14.5. The van der Waals surface area contributed by atoms with Gasteiger partial charge in [0, 0.05) is 21.8 Å². The minimum Gasteiger partial charge on any atom is -0.386 e. The van der Waals surface area contributed by atoms with Gasteiger partial charge >= 0.3 is 0 Å². The van der Waals surface area contributed by atoms with Crippen LogP contribution in [0.2, 0.25) is 5.02 Å². The summed E-state index contributed by atoms with van der Waals surface area (Å²) in [6, 6.07) is 17.8. The lowest BCUT2D eigenvalue weighted by Crippen LogP contribution is -2.15. The zero-order valence-corrected chi connectivity index (χ0v) is 15.7. The molecule has 5 heteroatoms. The van der Waals surface area contributed by atoms with Gasteiger partial charge in [-0.05, 0) is 55.8 Å². The van der Waals surface area contributed by atoms with Crippen LogP contribution in [-0.2, 0) is 5.60 Å². The fourth-order valence-electron chi connectivity index (χ4n) is 3.15. The average molecular weight is 381 g/mol. The van der Waals surface area contributed by atoms with Crippen LogP contribution in [-0.4, -0.2) is 14.7 Å². The molecule has 0 bridgehead atoms. The molecule has 0 aliphatic rings. The molecule has 1 heterocycles. The fraction of sp³-hybridized carbons (Fsp3) is 0.136. The molecule has 0 aliphatic heterocycles. The highest BCUT2D eigenvalue weighted by atomic mass is 35.5. The second-order valence-electron chi connectivity index (χ2n) is 7.02. The van der Waals surface area contributed by atoms with Crippen molar-refractivity contribution in [1.82, 2.24) is 9.55 Å². The maximum Gasteiger partial charge on any atom is 0.131 e. The van der Waals surface area contributed by atoms with Crippen molar-refractivity contribution in [3.8, 4) is 16.8 Å². The number of rotatable bonds is 3. The van der Waals surface area contributed by atoms with E-state index >= 15 is 0 Å². The fourth-order valence-corrected chi connectivity index (χ4v) is 3.39. The predicted molar refractivity (Wildman–Crippen MR) is 107 cm³/mol. The number of nitrogens with zero attached hydrogens (tertiary/aromatic N) is 2. The number of aliphatic hydroxyl groups is 1. The molecular formula is C22H18ClFN2O. The van der Waals surface area contributed by atoms with Gasteiger partial charge in [-0.15, -0.1) is 0 Å². The standard InChI is InChI=1S/C22H18ClFN2O/c1-22(2,27)14-7-10-21-20(11-14)25-13-26(21)15-8-9-19(24)17(12-15)16-5-3-4-6-18(16)23/h3-13,27H,1-2H3. The van der Waals surface area contributed by atoms with Crippen LogP contribution in [0.1, 0.15) is 19.4 Å². The third kappa shape index (κ3) is 3.22. The zero-order chi connectivity index (χ0) is 19.2. The Hall–Kier alpha value is -2.69. The average Bonchev–Trinajstić information content (AvgIpc) is 3.05. The van der Waals surface area contributed by atoms with Gasteiger partial charge in [0.2, 0.25) is 0 Å². The van der Waals surface area contributed by atoms with Crippen LogP contribution in [0, 0.1) is 5.82 Å². The molecule has 0 fully saturated rings. The van der Waals surface area contributed by atoms with E-state index in [0.29, 0.717) is 16.1 Å². The van der Waals surface area contributed by atoms with Crippen molar-refractivity contribution in [1.29, 1.82) is 0 Å². The minimum atomic E-state index is -0.939. The highest BCUT2D eigenvalue weighted by Crippen LogP contribution is 2.32. The summed E-state index contributed by atoms with van der Waals surface area (Å²) < 4.78 is 16.4. The van der Waals surface area contributed by atoms with Crippen LogP contribution in [0.25, 0.3) is 27.8 Å². The van der Waals surface area contributed by atoms with E-state index in [4.69, 9.17) is 11.6 Å². The van der Waals surface area contributed by atoms with Gasteiger partial charge in [-0.25, -0.2) is 9.37 Å². The molecule has 4 rings (SSSR count).